The lowest BCUT2D eigenvalue weighted by atomic mass is 10.0. The molecule has 2 nitrogen and oxygen atoms in total. The highest BCUT2D eigenvalue weighted by Crippen LogP contribution is 2.19. The van der Waals surface area contributed by atoms with E-state index in [0.717, 1.165) is 37.5 Å². The molecule has 1 aliphatic heterocycles. The molecule has 1 aromatic carbocycles. The summed E-state index contributed by atoms with van der Waals surface area (Å²) in [6, 6.07) is 5.89. The number of likely N-dealkylation sites (tertiary alicyclic amines) is 1. The molecule has 1 aliphatic rings. The molecule has 106 valence electrons. The number of nitrogens with zero attached hydrogens (tertiary/aromatic N) is 1. The van der Waals surface area contributed by atoms with Crippen molar-refractivity contribution in [1.82, 2.24) is 4.90 Å². The van der Waals surface area contributed by atoms with Crippen LogP contribution in [-0.4, -0.2) is 30.6 Å². The third-order valence-electron chi connectivity index (χ3n) is 3.75. The normalized spacial score (nSPS) is 17.9. The average Bonchev–Trinajstić information content (AvgIpc) is 2.36. The maximum atomic E-state index is 13.5. The van der Waals surface area contributed by atoms with Crippen molar-refractivity contribution in [2.45, 2.75) is 39.7 Å². The van der Waals surface area contributed by atoms with Crippen molar-refractivity contribution in [3.63, 3.8) is 0 Å². The maximum Gasteiger partial charge on any atom is 0.128 e. The third-order valence-corrected chi connectivity index (χ3v) is 3.75. The van der Waals surface area contributed by atoms with Gasteiger partial charge in [0, 0.05) is 31.4 Å². The van der Waals surface area contributed by atoms with Gasteiger partial charge in [0.1, 0.15) is 5.82 Å². The van der Waals surface area contributed by atoms with Crippen LogP contribution in [0.2, 0.25) is 0 Å². The van der Waals surface area contributed by atoms with Crippen LogP contribution < -0.4 is 5.32 Å². The third kappa shape index (κ3) is 4.20. The number of anilines is 1. The van der Waals surface area contributed by atoms with Crippen molar-refractivity contribution >= 4 is 5.69 Å². The fourth-order valence-corrected chi connectivity index (χ4v) is 2.69. The first kappa shape index (κ1) is 14.3. The van der Waals surface area contributed by atoms with Crippen LogP contribution in [0.15, 0.2) is 18.2 Å². The fourth-order valence-electron chi connectivity index (χ4n) is 2.69. The molecule has 1 saturated heterocycles. The summed E-state index contributed by atoms with van der Waals surface area (Å²) in [4.78, 5) is 2.53. The number of hydrogen-bond acceptors (Lipinski definition) is 2. The van der Waals surface area contributed by atoms with Gasteiger partial charge in [-0.25, -0.2) is 4.39 Å². The van der Waals surface area contributed by atoms with E-state index >= 15 is 0 Å². The zero-order chi connectivity index (χ0) is 13.8. The van der Waals surface area contributed by atoms with Gasteiger partial charge in [-0.1, -0.05) is 19.9 Å². The number of hydrogen-bond donors (Lipinski definition) is 1. The van der Waals surface area contributed by atoms with Gasteiger partial charge in [-0.05, 0) is 43.4 Å². The van der Waals surface area contributed by atoms with Gasteiger partial charge in [0.05, 0.1) is 0 Å². The molecule has 0 bridgehead atoms. The molecule has 19 heavy (non-hydrogen) atoms. The largest absolute Gasteiger partial charge is 0.382 e. The first-order valence-corrected chi connectivity index (χ1v) is 7.29. The molecule has 0 aliphatic carbocycles. The van der Waals surface area contributed by atoms with E-state index in [0.29, 0.717) is 11.6 Å². The Bertz CT molecular complexity index is 409. The molecule has 1 N–H and O–H groups in total. The second-order valence-corrected chi connectivity index (χ2v) is 6.08. The zero-order valence-corrected chi connectivity index (χ0v) is 12.2. The molecule has 0 amide bonds. The Morgan fingerprint density at radius 2 is 2.00 bits per heavy atom. The minimum atomic E-state index is -0.123. The van der Waals surface area contributed by atoms with E-state index in [9.17, 15) is 4.39 Å². The predicted octanol–water partition coefficient (Wildman–Crippen LogP) is 3.67. The summed E-state index contributed by atoms with van der Waals surface area (Å²) in [5.74, 6) is 0.609. The summed E-state index contributed by atoms with van der Waals surface area (Å²) in [6.45, 7) is 9.79. The summed E-state index contributed by atoms with van der Waals surface area (Å²) >= 11 is 0. The van der Waals surface area contributed by atoms with Crippen molar-refractivity contribution in [2.75, 3.05) is 25.0 Å². The summed E-state index contributed by atoms with van der Waals surface area (Å²) < 4.78 is 13.5. The number of piperidine rings is 1. The van der Waals surface area contributed by atoms with Crippen LogP contribution in [0.1, 0.15) is 32.3 Å². The molecule has 1 heterocycles. The topological polar surface area (TPSA) is 15.3 Å². The van der Waals surface area contributed by atoms with Crippen molar-refractivity contribution in [2.24, 2.45) is 5.92 Å². The van der Waals surface area contributed by atoms with Crippen molar-refractivity contribution in [3.8, 4) is 0 Å². The average molecular weight is 264 g/mol. The molecule has 1 aromatic rings. The van der Waals surface area contributed by atoms with Crippen molar-refractivity contribution in [3.05, 3.63) is 29.6 Å². The van der Waals surface area contributed by atoms with E-state index in [1.54, 1.807) is 13.0 Å². The number of nitrogens with one attached hydrogen (secondary N) is 1. The molecule has 0 atom stereocenters. The number of halogens is 1. The lowest BCUT2D eigenvalue weighted by Crippen LogP contribution is -2.40. The van der Waals surface area contributed by atoms with Gasteiger partial charge in [0.2, 0.25) is 0 Å². The smallest absolute Gasteiger partial charge is 0.128 e. The Morgan fingerprint density at radius 1 is 1.32 bits per heavy atom. The number of aryl methyl sites for hydroxylation is 1. The Hall–Kier alpha value is -1.09. The van der Waals surface area contributed by atoms with E-state index in [2.05, 4.69) is 24.1 Å². The van der Waals surface area contributed by atoms with Gasteiger partial charge in [-0.3, -0.25) is 0 Å². The van der Waals surface area contributed by atoms with Gasteiger partial charge in [0.25, 0.3) is 0 Å². The molecular weight excluding hydrogens is 239 g/mol. The van der Waals surface area contributed by atoms with E-state index in [1.807, 2.05) is 12.1 Å². The second-order valence-electron chi connectivity index (χ2n) is 6.08. The second kappa shape index (κ2) is 6.38. The Balaban J connectivity index is 1.83. The molecule has 1 fully saturated rings. The quantitative estimate of drug-likeness (QED) is 0.892. The van der Waals surface area contributed by atoms with Crippen LogP contribution in [0.3, 0.4) is 0 Å². The van der Waals surface area contributed by atoms with Gasteiger partial charge in [0.15, 0.2) is 0 Å². The summed E-state index contributed by atoms with van der Waals surface area (Å²) in [7, 11) is 0. The van der Waals surface area contributed by atoms with E-state index < -0.39 is 0 Å². The predicted molar refractivity (Wildman–Crippen MR) is 79.1 cm³/mol. The molecule has 0 spiro atoms. The van der Waals surface area contributed by atoms with Gasteiger partial charge >= 0.3 is 0 Å². The van der Waals surface area contributed by atoms with Crippen LogP contribution in [0.4, 0.5) is 10.1 Å². The lowest BCUT2D eigenvalue weighted by Gasteiger charge is -2.33. The van der Waals surface area contributed by atoms with Crippen LogP contribution in [-0.2, 0) is 0 Å². The van der Waals surface area contributed by atoms with Gasteiger partial charge in [-0.15, -0.1) is 0 Å². The Labute approximate surface area is 116 Å². The highest BCUT2D eigenvalue weighted by atomic mass is 19.1. The van der Waals surface area contributed by atoms with Crippen LogP contribution in [0, 0.1) is 18.7 Å². The van der Waals surface area contributed by atoms with Gasteiger partial charge in [-0.2, -0.15) is 0 Å². The molecule has 0 saturated carbocycles. The summed E-state index contributed by atoms with van der Waals surface area (Å²) in [5, 5.41) is 3.46. The molecule has 0 unspecified atom stereocenters. The first-order valence-electron chi connectivity index (χ1n) is 7.29. The Morgan fingerprint density at radius 3 is 2.58 bits per heavy atom. The summed E-state index contributed by atoms with van der Waals surface area (Å²) in [5.41, 5.74) is 1.61. The van der Waals surface area contributed by atoms with E-state index in [-0.39, 0.29) is 5.82 Å². The van der Waals surface area contributed by atoms with Gasteiger partial charge < -0.3 is 10.2 Å². The lowest BCUT2D eigenvalue weighted by molar-refractivity contribution is 0.198. The van der Waals surface area contributed by atoms with Crippen LogP contribution in [0.25, 0.3) is 0 Å². The number of benzene rings is 1. The summed E-state index contributed by atoms with van der Waals surface area (Å²) in [6.07, 6.45) is 2.28. The minimum Gasteiger partial charge on any atom is -0.382 e. The minimum absolute atomic E-state index is 0.123. The van der Waals surface area contributed by atoms with Crippen LogP contribution >= 0.6 is 0 Å². The molecule has 0 aromatic heterocycles. The number of rotatable bonds is 4. The van der Waals surface area contributed by atoms with Crippen LogP contribution in [0.5, 0.6) is 0 Å². The maximum absolute atomic E-state index is 13.5. The van der Waals surface area contributed by atoms with E-state index in [4.69, 9.17) is 0 Å². The SMILES string of the molecule is Cc1ccc(NC2CCN(CC(C)C)CC2)cc1F. The molecule has 0 radical (unpaired) electrons. The zero-order valence-electron chi connectivity index (χ0n) is 12.2. The standard InChI is InChI=1S/C16H25FN2/c1-12(2)11-19-8-6-14(7-9-19)18-15-5-4-13(3)16(17)10-15/h4-5,10,12,14,18H,6-9,11H2,1-3H3. The van der Waals surface area contributed by atoms with Crippen molar-refractivity contribution in [1.29, 1.82) is 0 Å². The van der Waals surface area contributed by atoms with Crippen molar-refractivity contribution < 1.29 is 4.39 Å². The molecular formula is C16H25FN2. The first-order chi connectivity index (χ1) is 9.04. The highest BCUT2D eigenvalue weighted by molar-refractivity contribution is 5.46. The molecule has 2 rings (SSSR count). The van der Waals surface area contributed by atoms with E-state index in [1.165, 1.54) is 6.54 Å². The fraction of sp³-hybridized carbons (Fsp3) is 0.625. The highest BCUT2D eigenvalue weighted by Gasteiger charge is 2.19. The molecule has 3 heteroatoms. The monoisotopic (exact) mass is 264 g/mol. The Kier molecular flexibility index (Phi) is 4.81.